The average Bonchev–Trinajstić information content (AvgIpc) is 2.70. The highest BCUT2D eigenvalue weighted by atomic mass is 127. The van der Waals surface area contributed by atoms with Gasteiger partial charge < -0.3 is 10.2 Å². The number of rotatable bonds is 1. The van der Waals surface area contributed by atoms with E-state index in [9.17, 15) is 14.5 Å². The van der Waals surface area contributed by atoms with Crippen LogP contribution in [0.15, 0.2) is 5.18 Å². The van der Waals surface area contributed by atoms with E-state index < -0.39 is 5.91 Å². The van der Waals surface area contributed by atoms with Gasteiger partial charge in [-0.2, -0.15) is 5.10 Å². The summed E-state index contributed by atoms with van der Waals surface area (Å²) in [6, 6.07) is -0.206. The van der Waals surface area contributed by atoms with E-state index in [0.717, 1.165) is 0 Å². The first-order valence-corrected chi connectivity index (χ1v) is 7.51. The predicted molar refractivity (Wildman–Crippen MR) is 83.8 cm³/mol. The molecule has 1 aromatic heterocycles. The van der Waals surface area contributed by atoms with Gasteiger partial charge in [-0.05, 0) is 43.4 Å². The molecular formula is C12H16IN5O3. The van der Waals surface area contributed by atoms with Crippen molar-refractivity contribution < 1.29 is 9.59 Å². The highest BCUT2D eigenvalue weighted by Crippen LogP contribution is 2.23. The normalized spacial score (nSPS) is 14.6. The second-order valence-electron chi connectivity index (χ2n) is 5.83. The molecule has 0 saturated heterocycles. The van der Waals surface area contributed by atoms with Gasteiger partial charge in [-0.15, -0.1) is 4.91 Å². The topological polar surface area (TPSA) is 96.7 Å². The Hall–Kier alpha value is -1.52. The van der Waals surface area contributed by atoms with Crippen LogP contribution in [-0.4, -0.2) is 38.7 Å². The number of hydrogen-bond acceptors (Lipinski definition) is 4. The second kappa shape index (κ2) is 5.70. The van der Waals surface area contributed by atoms with Crippen molar-refractivity contribution in [2.24, 2.45) is 5.18 Å². The number of aromatic nitrogens is 2. The zero-order chi connectivity index (χ0) is 15.8. The van der Waals surface area contributed by atoms with E-state index in [-0.39, 0.29) is 23.7 Å². The van der Waals surface area contributed by atoms with E-state index in [1.807, 2.05) is 43.4 Å². The van der Waals surface area contributed by atoms with E-state index in [4.69, 9.17) is 0 Å². The minimum Gasteiger partial charge on any atom is -0.333 e. The quantitative estimate of drug-likeness (QED) is 0.569. The van der Waals surface area contributed by atoms with Gasteiger partial charge in [0.2, 0.25) is 0 Å². The number of fused-ring (bicyclic) bond motifs is 1. The number of hydrogen-bond donors (Lipinski definition) is 1. The largest absolute Gasteiger partial charge is 0.333 e. The van der Waals surface area contributed by atoms with Gasteiger partial charge in [-0.3, -0.25) is 9.48 Å². The zero-order valence-electron chi connectivity index (χ0n) is 12.0. The number of urea groups is 1. The van der Waals surface area contributed by atoms with Gasteiger partial charge in [0, 0.05) is 17.3 Å². The van der Waals surface area contributed by atoms with Crippen LogP contribution in [0, 0.1) is 8.61 Å². The van der Waals surface area contributed by atoms with Crippen LogP contribution < -0.4 is 5.32 Å². The number of amides is 3. The lowest BCUT2D eigenvalue weighted by atomic mass is 10.1. The molecule has 1 aromatic rings. The molecule has 0 aromatic carbocycles. The molecule has 2 rings (SSSR count). The molecule has 0 aliphatic carbocycles. The molecule has 0 saturated carbocycles. The van der Waals surface area contributed by atoms with E-state index in [2.05, 4.69) is 15.6 Å². The molecular weight excluding hydrogens is 389 g/mol. The molecule has 0 radical (unpaired) electrons. The van der Waals surface area contributed by atoms with Crippen LogP contribution in [0.25, 0.3) is 0 Å². The molecule has 1 aliphatic heterocycles. The monoisotopic (exact) mass is 405 g/mol. The number of nitrogens with zero attached hydrogens (tertiary/aromatic N) is 4. The third-order valence-corrected chi connectivity index (χ3v) is 3.76. The van der Waals surface area contributed by atoms with Gasteiger partial charge in [0.05, 0.1) is 18.8 Å². The molecule has 114 valence electrons. The van der Waals surface area contributed by atoms with Crippen molar-refractivity contribution in [2.45, 2.75) is 39.4 Å². The van der Waals surface area contributed by atoms with E-state index in [1.165, 1.54) is 0 Å². The van der Waals surface area contributed by atoms with Crippen LogP contribution in [0.1, 0.15) is 36.8 Å². The average molecular weight is 405 g/mol. The van der Waals surface area contributed by atoms with E-state index in [0.29, 0.717) is 22.5 Å². The lowest BCUT2D eigenvalue weighted by Gasteiger charge is -2.31. The van der Waals surface area contributed by atoms with Crippen molar-refractivity contribution in [3.05, 3.63) is 19.9 Å². The van der Waals surface area contributed by atoms with Crippen LogP contribution in [0.2, 0.25) is 0 Å². The smallest absolute Gasteiger partial charge is 0.321 e. The molecule has 21 heavy (non-hydrogen) atoms. The molecule has 0 spiro atoms. The molecule has 0 atom stereocenters. The van der Waals surface area contributed by atoms with Crippen molar-refractivity contribution >= 4 is 34.5 Å². The highest BCUT2D eigenvalue weighted by Gasteiger charge is 2.30. The summed E-state index contributed by atoms with van der Waals surface area (Å²) in [4.78, 5) is 35.9. The summed E-state index contributed by atoms with van der Waals surface area (Å²) in [5.41, 5.74) is 0.407. The fourth-order valence-electron chi connectivity index (χ4n) is 2.12. The Morgan fingerprint density at radius 2 is 2.00 bits per heavy atom. The number of halogens is 1. The van der Waals surface area contributed by atoms with Gasteiger partial charge in [-0.25, -0.2) is 4.79 Å². The van der Waals surface area contributed by atoms with Crippen molar-refractivity contribution in [3.8, 4) is 0 Å². The molecule has 0 unspecified atom stereocenters. The number of carbonyl (C=O) groups excluding carboxylic acids is 2. The van der Waals surface area contributed by atoms with Crippen LogP contribution in [-0.2, 0) is 13.1 Å². The summed E-state index contributed by atoms with van der Waals surface area (Å²) >= 11 is 1.90. The molecule has 3 amide bonds. The maximum absolute atomic E-state index is 12.2. The van der Waals surface area contributed by atoms with Crippen LogP contribution in [0.5, 0.6) is 0 Å². The van der Waals surface area contributed by atoms with Crippen LogP contribution in [0.4, 0.5) is 4.79 Å². The van der Waals surface area contributed by atoms with E-state index in [1.54, 1.807) is 9.58 Å². The highest BCUT2D eigenvalue weighted by molar-refractivity contribution is 14.1. The maximum atomic E-state index is 12.2. The summed E-state index contributed by atoms with van der Waals surface area (Å²) in [5, 5.41) is 9.55. The fourth-order valence-corrected chi connectivity index (χ4v) is 2.92. The van der Waals surface area contributed by atoms with Gasteiger partial charge in [0.15, 0.2) is 0 Å². The predicted octanol–water partition coefficient (Wildman–Crippen LogP) is 1.72. The van der Waals surface area contributed by atoms with Crippen molar-refractivity contribution in [3.63, 3.8) is 0 Å². The molecule has 2 heterocycles. The fraction of sp³-hybridized carbons (Fsp3) is 0.583. The van der Waals surface area contributed by atoms with Crippen molar-refractivity contribution in [2.75, 3.05) is 6.54 Å². The first-order chi connectivity index (χ1) is 9.73. The first kappa shape index (κ1) is 15.9. The molecule has 0 fully saturated rings. The lowest BCUT2D eigenvalue weighted by Crippen LogP contribution is -2.50. The summed E-state index contributed by atoms with van der Waals surface area (Å²) in [5.74, 6) is -0.848. The Morgan fingerprint density at radius 1 is 1.33 bits per heavy atom. The van der Waals surface area contributed by atoms with Crippen LogP contribution in [0.3, 0.4) is 0 Å². The SMILES string of the molecule is CC(C)(C)NC(=O)N1CCn2nc(I)c(C(=O)N=O)c2C1. The Balaban J connectivity index is 2.25. The minimum absolute atomic E-state index is 0.193. The van der Waals surface area contributed by atoms with E-state index >= 15 is 0 Å². The van der Waals surface area contributed by atoms with Gasteiger partial charge in [-0.1, -0.05) is 0 Å². The summed E-state index contributed by atoms with van der Waals surface area (Å²) in [7, 11) is 0. The summed E-state index contributed by atoms with van der Waals surface area (Å²) in [6.07, 6.45) is 0. The maximum Gasteiger partial charge on any atom is 0.321 e. The molecule has 8 nitrogen and oxygen atoms in total. The van der Waals surface area contributed by atoms with Gasteiger partial charge in [0.25, 0.3) is 0 Å². The Bertz CT molecular complexity index is 605. The molecule has 1 N–H and O–H groups in total. The second-order valence-corrected chi connectivity index (χ2v) is 6.86. The molecule has 0 bridgehead atoms. The third-order valence-electron chi connectivity index (χ3n) is 3.00. The number of nitroso groups, excluding NO2 is 1. The Labute approximate surface area is 135 Å². The summed E-state index contributed by atoms with van der Waals surface area (Å²) in [6.45, 7) is 6.90. The number of nitrogens with one attached hydrogen (secondary N) is 1. The molecule has 1 aliphatic rings. The molecule has 9 heteroatoms. The number of carbonyl (C=O) groups is 2. The van der Waals surface area contributed by atoms with Crippen LogP contribution >= 0.6 is 22.6 Å². The third kappa shape index (κ3) is 3.39. The van der Waals surface area contributed by atoms with Crippen molar-refractivity contribution in [1.29, 1.82) is 0 Å². The van der Waals surface area contributed by atoms with Gasteiger partial charge >= 0.3 is 11.9 Å². The Kier molecular flexibility index (Phi) is 4.30. The van der Waals surface area contributed by atoms with Gasteiger partial charge in [0.1, 0.15) is 9.26 Å². The minimum atomic E-state index is -0.848. The first-order valence-electron chi connectivity index (χ1n) is 6.43. The lowest BCUT2D eigenvalue weighted by molar-refractivity contribution is 0.0996. The standard InChI is InChI=1S/C12H16IN5O3/c1-12(2,3)14-11(20)17-4-5-18-7(6-17)8(9(13)15-18)10(19)16-21/h4-6H2,1-3H3,(H,14,20). The summed E-state index contributed by atoms with van der Waals surface area (Å²) < 4.78 is 2.09. The Morgan fingerprint density at radius 3 is 2.57 bits per heavy atom. The van der Waals surface area contributed by atoms with Crippen molar-refractivity contribution in [1.82, 2.24) is 20.0 Å². The zero-order valence-corrected chi connectivity index (χ0v) is 14.2.